The van der Waals surface area contributed by atoms with E-state index >= 15 is 0 Å². The van der Waals surface area contributed by atoms with E-state index < -0.39 is 5.97 Å². The highest BCUT2D eigenvalue weighted by molar-refractivity contribution is 7.97. The Morgan fingerprint density at radius 2 is 1.83 bits per heavy atom. The molecule has 2 heterocycles. The topological polar surface area (TPSA) is 88.6 Å². The number of benzene rings is 2. The highest BCUT2D eigenvalue weighted by atomic mass is 32.2. The van der Waals surface area contributed by atoms with Gasteiger partial charge in [0.25, 0.3) is 5.56 Å². The zero-order chi connectivity index (χ0) is 20.4. The van der Waals surface area contributed by atoms with Gasteiger partial charge < -0.3 is 15.4 Å². The van der Waals surface area contributed by atoms with Crippen LogP contribution in [0.2, 0.25) is 0 Å². The maximum atomic E-state index is 12.4. The van der Waals surface area contributed by atoms with Crippen LogP contribution in [-0.4, -0.2) is 33.0 Å². The van der Waals surface area contributed by atoms with Crippen molar-refractivity contribution in [2.24, 2.45) is 0 Å². The average molecular weight is 410 g/mol. The third kappa shape index (κ3) is 4.46. The lowest BCUT2D eigenvalue weighted by Gasteiger charge is -2.31. The molecule has 0 saturated carbocycles. The molecule has 3 N–H and O–H groups in total. The van der Waals surface area contributed by atoms with Gasteiger partial charge in [-0.25, -0.2) is 4.31 Å². The second kappa shape index (κ2) is 8.31. The lowest BCUT2D eigenvalue weighted by atomic mass is 9.90. The maximum Gasteiger partial charge on any atom is 0.323 e. The number of fused-ring (bicyclic) bond motifs is 1. The summed E-state index contributed by atoms with van der Waals surface area (Å²) < 4.78 is 3.58. The minimum Gasteiger partial charge on any atom is -0.480 e. The van der Waals surface area contributed by atoms with Gasteiger partial charge in [-0.2, -0.15) is 0 Å². The zero-order valence-corrected chi connectivity index (χ0v) is 16.8. The van der Waals surface area contributed by atoms with E-state index in [1.807, 2.05) is 24.3 Å². The van der Waals surface area contributed by atoms with Crippen LogP contribution in [0.1, 0.15) is 24.3 Å². The predicted octanol–water partition coefficient (Wildman–Crippen LogP) is 3.56. The van der Waals surface area contributed by atoms with Crippen LogP contribution in [0.25, 0.3) is 10.8 Å². The maximum absolute atomic E-state index is 12.4. The third-order valence-electron chi connectivity index (χ3n) is 5.35. The summed E-state index contributed by atoms with van der Waals surface area (Å²) in [5, 5.41) is 10.3. The molecule has 29 heavy (non-hydrogen) atoms. The number of nitrogens with zero attached hydrogens (tertiary/aromatic N) is 2. The number of rotatable bonds is 5. The molecule has 7 heteroatoms. The highest BCUT2D eigenvalue weighted by Crippen LogP contribution is 2.34. The third-order valence-corrected chi connectivity index (χ3v) is 6.44. The van der Waals surface area contributed by atoms with Gasteiger partial charge in [-0.3, -0.25) is 9.59 Å². The minimum atomic E-state index is -1.03. The largest absolute Gasteiger partial charge is 0.480 e. The molecule has 6 nitrogen and oxygen atoms in total. The number of aromatic nitrogens is 1. The molecule has 0 bridgehead atoms. The Balaban J connectivity index is 1.43. The molecule has 150 valence electrons. The highest BCUT2D eigenvalue weighted by Gasteiger charge is 2.21. The average Bonchev–Trinajstić information content (AvgIpc) is 2.71. The van der Waals surface area contributed by atoms with E-state index in [2.05, 4.69) is 16.4 Å². The summed E-state index contributed by atoms with van der Waals surface area (Å²) in [4.78, 5) is 24.4. The van der Waals surface area contributed by atoms with E-state index in [0.717, 1.165) is 41.9 Å². The van der Waals surface area contributed by atoms with Gasteiger partial charge in [0.1, 0.15) is 6.54 Å². The molecular weight excluding hydrogens is 386 g/mol. The Morgan fingerprint density at radius 3 is 2.52 bits per heavy atom. The van der Waals surface area contributed by atoms with Crippen molar-refractivity contribution in [1.29, 1.82) is 0 Å². The van der Waals surface area contributed by atoms with Gasteiger partial charge in [-0.15, -0.1) is 0 Å². The van der Waals surface area contributed by atoms with Gasteiger partial charge in [0.2, 0.25) is 0 Å². The van der Waals surface area contributed by atoms with Crippen LogP contribution in [0.4, 0.5) is 5.69 Å². The van der Waals surface area contributed by atoms with Crippen molar-refractivity contribution in [2.45, 2.75) is 30.2 Å². The number of aliphatic carboxylic acids is 1. The first-order valence-electron chi connectivity index (χ1n) is 9.63. The van der Waals surface area contributed by atoms with E-state index in [4.69, 9.17) is 10.8 Å². The number of carboxylic acids is 1. The molecule has 1 fully saturated rings. The second-order valence-electron chi connectivity index (χ2n) is 7.35. The molecule has 0 aliphatic carbocycles. The van der Waals surface area contributed by atoms with Crippen molar-refractivity contribution >= 4 is 34.4 Å². The molecule has 1 aromatic heterocycles. The van der Waals surface area contributed by atoms with E-state index in [1.54, 1.807) is 30.3 Å². The fraction of sp³-hybridized carbons (Fsp3) is 0.273. The lowest BCUT2D eigenvalue weighted by molar-refractivity contribution is -0.137. The minimum absolute atomic E-state index is 0.272. The first-order valence-corrected chi connectivity index (χ1v) is 10.4. The molecule has 0 spiro atoms. The standard InChI is InChI=1S/C22H23N3O3S/c23-18-3-1-15(2-4-18)16-8-11-25(12-9-16)29-19-5-6-20-17(13-19)7-10-24(22(20)28)14-21(26)27/h1-7,10,13,16H,8-9,11-12,14,23H2,(H,26,27). The van der Waals surface area contributed by atoms with Crippen LogP contribution in [0, 0.1) is 0 Å². The van der Waals surface area contributed by atoms with Gasteiger partial charge in [0.05, 0.1) is 0 Å². The van der Waals surface area contributed by atoms with E-state index in [9.17, 15) is 9.59 Å². The van der Waals surface area contributed by atoms with Gasteiger partial charge in [0, 0.05) is 35.3 Å². The fourth-order valence-corrected chi connectivity index (χ4v) is 4.79. The normalized spacial score (nSPS) is 15.6. The van der Waals surface area contributed by atoms with E-state index in [-0.39, 0.29) is 12.1 Å². The monoisotopic (exact) mass is 409 g/mol. The Bertz CT molecular complexity index is 1090. The fourth-order valence-electron chi connectivity index (χ4n) is 3.79. The molecule has 1 aliphatic heterocycles. The number of carbonyl (C=O) groups is 1. The van der Waals surface area contributed by atoms with Crippen molar-refractivity contribution < 1.29 is 9.90 Å². The molecule has 1 saturated heterocycles. The first kappa shape index (κ1) is 19.5. The van der Waals surface area contributed by atoms with Crippen LogP contribution in [-0.2, 0) is 11.3 Å². The Labute approximate surface area is 173 Å². The summed E-state index contributed by atoms with van der Waals surface area (Å²) in [5.74, 6) is -0.460. The Kier molecular flexibility index (Phi) is 5.60. The van der Waals surface area contributed by atoms with Crippen LogP contribution in [0.5, 0.6) is 0 Å². The van der Waals surface area contributed by atoms with Crippen molar-refractivity contribution in [1.82, 2.24) is 8.87 Å². The molecule has 0 atom stereocenters. The molecule has 4 rings (SSSR count). The molecule has 2 aromatic carbocycles. The molecule has 0 amide bonds. The van der Waals surface area contributed by atoms with E-state index in [1.165, 1.54) is 10.1 Å². The van der Waals surface area contributed by atoms with Crippen molar-refractivity contribution in [2.75, 3.05) is 18.8 Å². The van der Waals surface area contributed by atoms with Crippen LogP contribution in [0.15, 0.2) is 64.4 Å². The number of hydrogen-bond donors (Lipinski definition) is 2. The molecule has 0 radical (unpaired) electrons. The number of carboxylic acid groups (broad SMARTS) is 1. The zero-order valence-electron chi connectivity index (χ0n) is 16.0. The summed E-state index contributed by atoms with van der Waals surface area (Å²) >= 11 is 1.71. The molecule has 1 aliphatic rings. The molecule has 0 unspecified atom stereocenters. The summed E-state index contributed by atoms with van der Waals surface area (Å²) in [6.07, 6.45) is 3.75. The second-order valence-corrected chi connectivity index (χ2v) is 8.52. The summed E-state index contributed by atoms with van der Waals surface area (Å²) in [6.45, 7) is 1.67. The number of piperidine rings is 1. The number of pyridine rings is 1. The van der Waals surface area contributed by atoms with Gasteiger partial charge in [-0.1, -0.05) is 12.1 Å². The van der Waals surface area contributed by atoms with Crippen molar-refractivity contribution in [3.05, 3.63) is 70.6 Å². The number of nitrogen functional groups attached to an aromatic ring is 1. The van der Waals surface area contributed by atoms with Crippen LogP contribution in [0.3, 0.4) is 0 Å². The summed E-state index contributed by atoms with van der Waals surface area (Å²) in [6, 6.07) is 15.7. The SMILES string of the molecule is Nc1ccc(C2CCN(Sc3ccc4c(=O)n(CC(=O)O)ccc4c3)CC2)cc1. The first-order chi connectivity index (χ1) is 14.0. The van der Waals surface area contributed by atoms with Gasteiger partial charge in [-0.05, 0) is 78.1 Å². The number of anilines is 1. The van der Waals surface area contributed by atoms with Gasteiger partial charge in [0.15, 0.2) is 0 Å². The Morgan fingerprint density at radius 1 is 1.10 bits per heavy atom. The quantitative estimate of drug-likeness (QED) is 0.495. The van der Waals surface area contributed by atoms with E-state index in [0.29, 0.717) is 11.3 Å². The summed E-state index contributed by atoms with van der Waals surface area (Å²) in [7, 11) is 0. The Hall–Kier alpha value is -2.77. The van der Waals surface area contributed by atoms with Crippen molar-refractivity contribution in [3.63, 3.8) is 0 Å². The van der Waals surface area contributed by atoms with Crippen LogP contribution >= 0.6 is 11.9 Å². The van der Waals surface area contributed by atoms with Gasteiger partial charge >= 0.3 is 5.97 Å². The van der Waals surface area contributed by atoms with Crippen molar-refractivity contribution in [3.8, 4) is 0 Å². The molecular formula is C22H23N3O3S. The number of hydrogen-bond acceptors (Lipinski definition) is 5. The molecule has 3 aromatic rings. The smallest absolute Gasteiger partial charge is 0.323 e. The lowest BCUT2D eigenvalue weighted by Crippen LogP contribution is -2.27. The predicted molar refractivity (Wildman–Crippen MR) is 116 cm³/mol. The number of nitrogens with two attached hydrogens (primary N) is 1. The van der Waals surface area contributed by atoms with Crippen LogP contribution < -0.4 is 11.3 Å². The summed E-state index contributed by atoms with van der Waals surface area (Å²) in [5.41, 5.74) is 7.66.